The van der Waals surface area contributed by atoms with Gasteiger partial charge in [-0.05, 0) is 42.0 Å². The molecule has 0 saturated heterocycles. The van der Waals surface area contributed by atoms with Crippen molar-refractivity contribution in [2.24, 2.45) is 0 Å². The van der Waals surface area contributed by atoms with Crippen LogP contribution in [0.2, 0.25) is 0 Å². The molecule has 1 N–H and O–H groups in total. The lowest BCUT2D eigenvalue weighted by Crippen LogP contribution is -2.34. The normalized spacial score (nSPS) is 11.1. The molecule has 0 bridgehead atoms. The summed E-state index contributed by atoms with van der Waals surface area (Å²) in [5, 5.41) is 3.08. The molecule has 2 amide bonds. The van der Waals surface area contributed by atoms with Gasteiger partial charge in [-0.2, -0.15) is 0 Å². The maximum atomic E-state index is 12.6. The zero-order chi connectivity index (χ0) is 17.7. The van der Waals surface area contributed by atoms with Crippen molar-refractivity contribution in [1.29, 1.82) is 0 Å². The second-order valence-electron chi connectivity index (χ2n) is 6.73. The van der Waals surface area contributed by atoms with Crippen LogP contribution in [0.5, 0.6) is 0 Å². The Balaban J connectivity index is 2.17. The molecule has 1 heterocycles. The van der Waals surface area contributed by atoms with Gasteiger partial charge in [0, 0.05) is 17.8 Å². The summed E-state index contributed by atoms with van der Waals surface area (Å²) in [5.41, 5.74) is 4.35. The summed E-state index contributed by atoms with van der Waals surface area (Å²) in [7, 11) is 0. The monoisotopic (exact) mass is 328 g/mol. The summed E-state index contributed by atoms with van der Waals surface area (Å²) >= 11 is 0. The van der Waals surface area contributed by atoms with Crippen LogP contribution in [-0.2, 0) is 6.54 Å². The molecule has 0 saturated carbocycles. The molecule has 0 fully saturated rings. The maximum Gasteiger partial charge on any atom is 0.322 e. The molecule has 24 heavy (non-hydrogen) atoms. The molecular formula is C20H28N2O2. The maximum absolute atomic E-state index is 12.6. The third kappa shape index (κ3) is 4.40. The fraction of sp³-hybridized carbons (Fsp3) is 0.450. The molecule has 4 nitrogen and oxygen atoms in total. The largest absolute Gasteiger partial charge is 0.472 e. The molecule has 0 unspecified atom stereocenters. The third-order valence-electron chi connectivity index (χ3n) is 4.23. The first-order chi connectivity index (χ1) is 11.4. The van der Waals surface area contributed by atoms with E-state index in [0.29, 0.717) is 24.9 Å². The van der Waals surface area contributed by atoms with E-state index < -0.39 is 0 Å². The van der Waals surface area contributed by atoms with Gasteiger partial charge in [-0.3, -0.25) is 0 Å². The van der Waals surface area contributed by atoms with E-state index >= 15 is 0 Å². The highest BCUT2D eigenvalue weighted by atomic mass is 16.3. The third-order valence-corrected chi connectivity index (χ3v) is 4.23. The lowest BCUT2D eigenvalue weighted by Gasteiger charge is -2.23. The predicted octanol–water partition coefficient (Wildman–Crippen LogP) is 5.58. The first-order valence-corrected chi connectivity index (χ1v) is 8.63. The number of anilines is 1. The minimum atomic E-state index is -0.0853. The molecule has 2 rings (SSSR count). The van der Waals surface area contributed by atoms with E-state index in [2.05, 4.69) is 45.1 Å². The number of urea groups is 1. The van der Waals surface area contributed by atoms with Crippen molar-refractivity contribution >= 4 is 11.7 Å². The second-order valence-corrected chi connectivity index (χ2v) is 6.73. The quantitative estimate of drug-likeness (QED) is 0.752. The van der Waals surface area contributed by atoms with Crippen molar-refractivity contribution in [2.75, 3.05) is 11.9 Å². The molecule has 1 aromatic heterocycles. The van der Waals surface area contributed by atoms with E-state index in [9.17, 15) is 4.79 Å². The number of furan rings is 1. The van der Waals surface area contributed by atoms with Crippen molar-refractivity contribution in [3.63, 3.8) is 0 Å². The van der Waals surface area contributed by atoms with Crippen LogP contribution in [0.3, 0.4) is 0 Å². The van der Waals surface area contributed by atoms with Gasteiger partial charge in [0.2, 0.25) is 0 Å². The average molecular weight is 328 g/mol. The van der Waals surface area contributed by atoms with E-state index in [-0.39, 0.29) is 6.03 Å². The van der Waals surface area contributed by atoms with Crippen LogP contribution in [0.4, 0.5) is 10.5 Å². The van der Waals surface area contributed by atoms with Crippen molar-refractivity contribution in [3.05, 3.63) is 53.5 Å². The number of hydrogen-bond donors (Lipinski definition) is 1. The second kappa shape index (κ2) is 8.04. The summed E-state index contributed by atoms with van der Waals surface area (Å²) in [6, 6.07) is 8.12. The molecule has 0 radical (unpaired) electrons. The van der Waals surface area contributed by atoms with Gasteiger partial charge >= 0.3 is 6.03 Å². The highest BCUT2D eigenvalue weighted by Gasteiger charge is 2.16. The predicted molar refractivity (Wildman–Crippen MR) is 98.4 cm³/mol. The standard InChI is InChI=1S/C20H28N2O2/c1-6-22(12-16-9-10-24-13-16)20(23)21-19-8-7-17(14(2)3)11-18(19)15(4)5/h7-11,13-15H,6,12H2,1-5H3,(H,21,23). The van der Waals surface area contributed by atoms with Crippen molar-refractivity contribution < 1.29 is 9.21 Å². The zero-order valence-electron chi connectivity index (χ0n) is 15.3. The molecular weight excluding hydrogens is 300 g/mol. The van der Waals surface area contributed by atoms with Gasteiger partial charge in [0.25, 0.3) is 0 Å². The molecule has 4 heteroatoms. The van der Waals surface area contributed by atoms with Crippen LogP contribution in [0.15, 0.2) is 41.2 Å². The fourth-order valence-electron chi connectivity index (χ4n) is 2.66. The Labute approximate surface area is 144 Å². The molecule has 130 valence electrons. The topological polar surface area (TPSA) is 45.5 Å². The van der Waals surface area contributed by atoms with Crippen LogP contribution in [0.25, 0.3) is 0 Å². The summed E-state index contributed by atoms with van der Waals surface area (Å²) in [6.07, 6.45) is 3.30. The molecule has 0 aliphatic carbocycles. The Bertz CT molecular complexity index is 660. The van der Waals surface area contributed by atoms with Crippen molar-refractivity contribution in [2.45, 2.75) is 53.0 Å². The van der Waals surface area contributed by atoms with Crippen LogP contribution >= 0.6 is 0 Å². The van der Waals surface area contributed by atoms with Gasteiger partial charge in [0.1, 0.15) is 0 Å². The molecule has 2 aromatic rings. The molecule has 0 spiro atoms. The van der Waals surface area contributed by atoms with E-state index in [1.165, 1.54) is 11.1 Å². The lowest BCUT2D eigenvalue weighted by atomic mass is 9.94. The Morgan fingerprint density at radius 1 is 1.17 bits per heavy atom. The summed E-state index contributed by atoms with van der Waals surface area (Å²) in [4.78, 5) is 14.4. The van der Waals surface area contributed by atoms with Crippen molar-refractivity contribution in [3.8, 4) is 0 Å². The molecule has 0 atom stereocenters. The molecule has 1 aromatic carbocycles. The number of benzene rings is 1. The lowest BCUT2D eigenvalue weighted by molar-refractivity contribution is 0.212. The van der Waals surface area contributed by atoms with Gasteiger partial charge < -0.3 is 14.6 Å². The van der Waals surface area contributed by atoms with Crippen LogP contribution in [0, 0.1) is 0 Å². The smallest absolute Gasteiger partial charge is 0.322 e. The number of carbonyl (C=O) groups is 1. The fourth-order valence-corrected chi connectivity index (χ4v) is 2.66. The minimum absolute atomic E-state index is 0.0853. The molecule has 0 aliphatic heterocycles. The van der Waals surface area contributed by atoms with Gasteiger partial charge in [0.05, 0.1) is 19.1 Å². The van der Waals surface area contributed by atoms with Gasteiger partial charge in [-0.1, -0.05) is 39.8 Å². The zero-order valence-corrected chi connectivity index (χ0v) is 15.3. The number of hydrogen-bond acceptors (Lipinski definition) is 2. The number of carbonyl (C=O) groups excluding carboxylic acids is 1. The number of amides is 2. The van der Waals surface area contributed by atoms with Gasteiger partial charge in [-0.25, -0.2) is 4.79 Å². The number of rotatable bonds is 6. The van der Waals surface area contributed by atoms with E-state index in [1.807, 2.05) is 19.1 Å². The Morgan fingerprint density at radius 2 is 1.92 bits per heavy atom. The Morgan fingerprint density at radius 3 is 2.46 bits per heavy atom. The van der Waals surface area contributed by atoms with E-state index in [1.54, 1.807) is 17.4 Å². The summed E-state index contributed by atoms with van der Waals surface area (Å²) < 4.78 is 5.09. The van der Waals surface area contributed by atoms with Crippen LogP contribution in [0.1, 0.15) is 63.1 Å². The van der Waals surface area contributed by atoms with E-state index in [4.69, 9.17) is 4.42 Å². The molecule has 0 aliphatic rings. The van der Waals surface area contributed by atoms with Crippen LogP contribution < -0.4 is 5.32 Å². The SMILES string of the molecule is CCN(Cc1ccoc1)C(=O)Nc1ccc(C(C)C)cc1C(C)C. The first kappa shape index (κ1) is 18.1. The average Bonchev–Trinajstić information content (AvgIpc) is 3.05. The number of nitrogens with one attached hydrogen (secondary N) is 1. The Kier molecular flexibility index (Phi) is 6.07. The van der Waals surface area contributed by atoms with Gasteiger partial charge in [0.15, 0.2) is 0 Å². The van der Waals surface area contributed by atoms with E-state index in [0.717, 1.165) is 11.3 Å². The minimum Gasteiger partial charge on any atom is -0.472 e. The Hall–Kier alpha value is -2.23. The van der Waals surface area contributed by atoms with Crippen LogP contribution in [-0.4, -0.2) is 17.5 Å². The summed E-state index contributed by atoms with van der Waals surface area (Å²) in [6.45, 7) is 11.8. The summed E-state index contributed by atoms with van der Waals surface area (Å²) in [5.74, 6) is 0.823. The number of nitrogens with zero attached hydrogens (tertiary/aromatic N) is 1. The highest BCUT2D eigenvalue weighted by Crippen LogP contribution is 2.28. The van der Waals surface area contributed by atoms with Gasteiger partial charge in [-0.15, -0.1) is 0 Å². The first-order valence-electron chi connectivity index (χ1n) is 8.63. The van der Waals surface area contributed by atoms with Crippen molar-refractivity contribution in [1.82, 2.24) is 4.90 Å². The highest BCUT2D eigenvalue weighted by molar-refractivity contribution is 5.90.